The number of nitrogens with zero attached hydrogens (tertiary/aromatic N) is 1. The van der Waals surface area contributed by atoms with Crippen molar-refractivity contribution in [1.29, 1.82) is 0 Å². The number of hydrogen-bond acceptors (Lipinski definition) is 6. The Kier molecular flexibility index (Phi) is 6.08. The van der Waals surface area contributed by atoms with Gasteiger partial charge >= 0.3 is 0 Å². The van der Waals surface area contributed by atoms with Crippen LogP contribution in [-0.2, 0) is 15.8 Å². The van der Waals surface area contributed by atoms with Crippen LogP contribution in [0.1, 0.15) is 20.9 Å². The summed E-state index contributed by atoms with van der Waals surface area (Å²) in [5.41, 5.74) is 1.49. The van der Waals surface area contributed by atoms with Crippen molar-refractivity contribution in [3.8, 4) is 10.8 Å². The third kappa shape index (κ3) is 4.94. The summed E-state index contributed by atoms with van der Waals surface area (Å²) in [4.78, 5) is 17.7. The highest BCUT2D eigenvalue weighted by molar-refractivity contribution is 7.88. The number of benzene rings is 1. The van der Waals surface area contributed by atoms with Crippen LogP contribution in [0.3, 0.4) is 0 Å². The third-order valence-electron chi connectivity index (χ3n) is 3.76. The number of hydrogen-bond donors (Lipinski definition) is 2. The van der Waals surface area contributed by atoms with E-state index in [1.165, 1.54) is 17.4 Å². The van der Waals surface area contributed by atoms with Crippen molar-refractivity contribution in [2.45, 2.75) is 12.7 Å². The Morgan fingerprint density at radius 3 is 2.68 bits per heavy atom. The first-order valence-electron chi connectivity index (χ1n) is 8.38. The van der Waals surface area contributed by atoms with E-state index < -0.39 is 10.0 Å². The molecule has 1 aromatic carbocycles. The van der Waals surface area contributed by atoms with Crippen LogP contribution in [-0.4, -0.2) is 25.9 Å². The van der Waals surface area contributed by atoms with Crippen molar-refractivity contribution in [3.05, 3.63) is 71.5 Å². The van der Waals surface area contributed by atoms with Gasteiger partial charge in [0, 0.05) is 17.1 Å². The molecule has 0 saturated carbocycles. The number of furan rings is 1. The minimum absolute atomic E-state index is 0.146. The summed E-state index contributed by atoms with van der Waals surface area (Å²) in [6.45, 7) is 5.49. The fraction of sp³-hybridized carbons (Fsp3) is 0.158. The molecular formula is C19H19N3O4S2. The maximum atomic E-state index is 12.5. The number of nitrogens with one attached hydrogen (secondary N) is 2. The van der Waals surface area contributed by atoms with Gasteiger partial charge in [-0.15, -0.1) is 17.9 Å². The Labute approximate surface area is 167 Å². The van der Waals surface area contributed by atoms with Crippen molar-refractivity contribution in [3.63, 3.8) is 0 Å². The lowest BCUT2D eigenvalue weighted by Gasteiger charge is -2.07. The van der Waals surface area contributed by atoms with Crippen molar-refractivity contribution in [2.24, 2.45) is 0 Å². The van der Waals surface area contributed by atoms with Gasteiger partial charge in [0.15, 0.2) is 10.8 Å². The average Bonchev–Trinajstić information content (AvgIpc) is 3.31. The molecule has 0 aliphatic rings. The second-order valence-corrected chi connectivity index (χ2v) is 8.96. The molecular weight excluding hydrogens is 398 g/mol. The second kappa shape index (κ2) is 8.51. The van der Waals surface area contributed by atoms with Gasteiger partial charge in [-0.25, -0.2) is 18.1 Å². The molecule has 0 aliphatic heterocycles. The van der Waals surface area contributed by atoms with Gasteiger partial charge in [-0.1, -0.05) is 18.2 Å². The molecule has 0 radical (unpaired) electrons. The van der Waals surface area contributed by atoms with E-state index in [-0.39, 0.29) is 18.2 Å². The molecule has 0 aliphatic carbocycles. The third-order valence-corrected chi connectivity index (χ3v) is 6.06. The molecule has 7 nitrogen and oxygen atoms in total. The number of aryl methyl sites for hydroxylation is 1. The van der Waals surface area contributed by atoms with E-state index in [4.69, 9.17) is 4.42 Å². The van der Waals surface area contributed by atoms with Crippen LogP contribution in [0.25, 0.3) is 10.8 Å². The molecule has 3 rings (SSSR count). The normalized spacial score (nSPS) is 11.3. The van der Waals surface area contributed by atoms with Crippen LogP contribution >= 0.6 is 11.3 Å². The van der Waals surface area contributed by atoms with Gasteiger partial charge in [-0.3, -0.25) is 4.79 Å². The minimum Gasteiger partial charge on any atom is -0.462 e. The van der Waals surface area contributed by atoms with Crippen LogP contribution in [0.4, 0.5) is 5.69 Å². The van der Waals surface area contributed by atoms with E-state index in [0.717, 1.165) is 4.88 Å². The number of carbonyl (C=O) groups excluding carboxylic acids is 1. The Morgan fingerprint density at radius 1 is 1.29 bits per heavy atom. The van der Waals surface area contributed by atoms with Gasteiger partial charge < -0.3 is 9.73 Å². The Morgan fingerprint density at radius 2 is 2.04 bits per heavy atom. The average molecular weight is 418 g/mol. The Bertz CT molecular complexity index is 1070. The quantitative estimate of drug-likeness (QED) is 0.546. The van der Waals surface area contributed by atoms with Crippen LogP contribution < -0.4 is 10.0 Å². The van der Waals surface area contributed by atoms with E-state index in [1.54, 1.807) is 42.7 Å². The number of aromatic nitrogens is 1. The zero-order valence-electron chi connectivity index (χ0n) is 15.1. The maximum absolute atomic E-state index is 12.5. The first kappa shape index (κ1) is 20.0. The monoisotopic (exact) mass is 417 g/mol. The number of carbonyl (C=O) groups is 1. The predicted octanol–water partition coefficient (Wildman–Crippen LogP) is 3.57. The standard InChI is InChI=1S/C19H19N3O4S2/c1-3-10-20-28(24,25)12-14-6-8-15(9-7-14)21-18(23)17-13(2)27-19(22-17)16-5-4-11-26-16/h3-9,11,20H,1,10,12H2,2H3,(H,21,23). The maximum Gasteiger partial charge on any atom is 0.275 e. The second-order valence-electron chi connectivity index (χ2n) is 5.95. The molecule has 9 heteroatoms. The fourth-order valence-corrected chi connectivity index (χ4v) is 4.43. The molecule has 2 N–H and O–H groups in total. The molecule has 1 amide bonds. The van der Waals surface area contributed by atoms with Crippen LogP contribution in [0.2, 0.25) is 0 Å². The van der Waals surface area contributed by atoms with Gasteiger partial charge in [-0.05, 0) is 36.8 Å². The molecule has 28 heavy (non-hydrogen) atoms. The lowest BCUT2D eigenvalue weighted by molar-refractivity contribution is 0.102. The number of sulfonamides is 1. The molecule has 0 bridgehead atoms. The fourth-order valence-electron chi connectivity index (χ4n) is 2.44. The summed E-state index contributed by atoms with van der Waals surface area (Å²) in [7, 11) is -3.43. The molecule has 146 valence electrons. The van der Waals surface area contributed by atoms with Crippen LogP contribution in [0.5, 0.6) is 0 Å². The topological polar surface area (TPSA) is 101 Å². The largest absolute Gasteiger partial charge is 0.462 e. The number of rotatable bonds is 8. The summed E-state index contributed by atoms with van der Waals surface area (Å²) in [6.07, 6.45) is 3.04. The van der Waals surface area contributed by atoms with E-state index >= 15 is 0 Å². The lowest BCUT2D eigenvalue weighted by atomic mass is 10.2. The van der Waals surface area contributed by atoms with E-state index in [0.29, 0.717) is 27.7 Å². The van der Waals surface area contributed by atoms with E-state index in [2.05, 4.69) is 21.6 Å². The molecule has 0 unspecified atom stereocenters. The van der Waals surface area contributed by atoms with Gasteiger partial charge in [0.1, 0.15) is 5.69 Å². The van der Waals surface area contributed by atoms with Crippen molar-refractivity contribution < 1.29 is 17.6 Å². The molecule has 0 spiro atoms. The molecule has 3 aromatic rings. The van der Waals surface area contributed by atoms with Crippen LogP contribution in [0, 0.1) is 6.92 Å². The summed E-state index contributed by atoms with van der Waals surface area (Å²) < 4.78 is 31.5. The van der Waals surface area contributed by atoms with Crippen molar-refractivity contribution >= 4 is 33.0 Å². The highest BCUT2D eigenvalue weighted by atomic mass is 32.2. The zero-order chi connectivity index (χ0) is 20.1. The Hall–Kier alpha value is -2.75. The first-order chi connectivity index (χ1) is 13.4. The number of anilines is 1. The highest BCUT2D eigenvalue weighted by Crippen LogP contribution is 2.28. The van der Waals surface area contributed by atoms with Gasteiger partial charge in [0.05, 0.1) is 12.0 Å². The van der Waals surface area contributed by atoms with Gasteiger partial charge in [-0.2, -0.15) is 0 Å². The van der Waals surface area contributed by atoms with E-state index in [1.807, 2.05) is 6.92 Å². The van der Waals surface area contributed by atoms with Crippen molar-refractivity contribution in [2.75, 3.05) is 11.9 Å². The van der Waals surface area contributed by atoms with Gasteiger partial charge in [0.2, 0.25) is 10.0 Å². The van der Waals surface area contributed by atoms with Gasteiger partial charge in [0.25, 0.3) is 5.91 Å². The number of amides is 1. The molecule has 0 fully saturated rings. The molecule has 0 atom stereocenters. The lowest BCUT2D eigenvalue weighted by Crippen LogP contribution is -2.25. The summed E-state index contributed by atoms with van der Waals surface area (Å²) >= 11 is 1.38. The Balaban J connectivity index is 1.67. The highest BCUT2D eigenvalue weighted by Gasteiger charge is 2.18. The smallest absolute Gasteiger partial charge is 0.275 e. The zero-order valence-corrected chi connectivity index (χ0v) is 16.8. The predicted molar refractivity (Wildman–Crippen MR) is 110 cm³/mol. The molecule has 0 saturated heterocycles. The van der Waals surface area contributed by atoms with Crippen molar-refractivity contribution in [1.82, 2.24) is 9.71 Å². The molecule has 2 heterocycles. The minimum atomic E-state index is -3.43. The van der Waals surface area contributed by atoms with Crippen LogP contribution in [0.15, 0.2) is 59.7 Å². The summed E-state index contributed by atoms with van der Waals surface area (Å²) in [5, 5.41) is 3.42. The SMILES string of the molecule is C=CCNS(=O)(=O)Cc1ccc(NC(=O)c2nc(-c3ccco3)sc2C)cc1. The molecule has 2 aromatic heterocycles. The summed E-state index contributed by atoms with van der Waals surface area (Å²) in [6, 6.07) is 10.2. The first-order valence-corrected chi connectivity index (χ1v) is 10.8. The summed E-state index contributed by atoms with van der Waals surface area (Å²) in [5.74, 6) is 0.134. The number of thiazole rings is 1. The van der Waals surface area contributed by atoms with E-state index in [9.17, 15) is 13.2 Å².